The average Bonchev–Trinajstić information content (AvgIpc) is 2.83. The lowest BCUT2D eigenvalue weighted by Crippen LogP contribution is -2.02. The Morgan fingerprint density at radius 1 is 1.12 bits per heavy atom. The standard InChI is InChI=1S/C14H16O2/c1-11(12-5-3-2-4-6-12)9-14(15)13-7-8-16-10-13/h2-8,10-11,14-15H,9H2,1H3. The maximum absolute atomic E-state index is 9.98. The van der Waals surface area contributed by atoms with Gasteiger partial charge in [-0.3, -0.25) is 0 Å². The lowest BCUT2D eigenvalue weighted by atomic mass is 9.93. The predicted molar refractivity (Wildman–Crippen MR) is 63.1 cm³/mol. The average molecular weight is 216 g/mol. The lowest BCUT2D eigenvalue weighted by molar-refractivity contribution is 0.159. The summed E-state index contributed by atoms with van der Waals surface area (Å²) >= 11 is 0. The van der Waals surface area contributed by atoms with Crippen molar-refractivity contribution in [1.82, 2.24) is 0 Å². The zero-order chi connectivity index (χ0) is 11.4. The van der Waals surface area contributed by atoms with Crippen LogP contribution < -0.4 is 0 Å². The second-order valence-electron chi connectivity index (χ2n) is 4.12. The van der Waals surface area contributed by atoms with Gasteiger partial charge in [-0.1, -0.05) is 37.3 Å². The Morgan fingerprint density at radius 3 is 2.50 bits per heavy atom. The number of aliphatic hydroxyl groups is 1. The number of furan rings is 1. The first kappa shape index (κ1) is 11.0. The molecule has 2 nitrogen and oxygen atoms in total. The van der Waals surface area contributed by atoms with Crippen LogP contribution in [-0.2, 0) is 0 Å². The molecule has 1 aromatic heterocycles. The minimum atomic E-state index is -0.450. The van der Waals surface area contributed by atoms with Crippen LogP contribution in [0.5, 0.6) is 0 Å². The molecule has 2 aromatic rings. The minimum Gasteiger partial charge on any atom is -0.472 e. The molecular weight excluding hydrogens is 200 g/mol. The summed E-state index contributed by atoms with van der Waals surface area (Å²) in [6.07, 6.45) is 3.45. The van der Waals surface area contributed by atoms with Gasteiger partial charge in [0.1, 0.15) is 0 Å². The van der Waals surface area contributed by atoms with E-state index in [9.17, 15) is 5.11 Å². The van der Waals surface area contributed by atoms with Crippen molar-refractivity contribution in [1.29, 1.82) is 0 Å². The van der Waals surface area contributed by atoms with Crippen LogP contribution in [-0.4, -0.2) is 5.11 Å². The van der Waals surface area contributed by atoms with Gasteiger partial charge in [0, 0.05) is 5.56 Å². The molecule has 0 amide bonds. The summed E-state index contributed by atoms with van der Waals surface area (Å²) in [6, 6.07) is 12.0. The molecule has 0 spiro atoms. The van der Waals surface area contributed by atoms with Crippen molar-refractivity contribution < 1.29 is 9.52 Å². The van der Waals surface area contributed by atoms with Gasteiger partial charge in [0.15, 0.2) is 0 Å². The zero-order valence-corrected chi connectivity index (χ0v) is 9.34. The molecule has 0 aliphatic carbocycles. The third-order valence-corrected chi connectivity index (χ3v) is 2.87. The van der Waals surface area contributed by atoms with Crippen molar-refractivity contribution in [3.63, 3.8) is 0 Å². The largest absolute Gasteiger partial charge is 0.472 e. The van der Waals surface area contributed by atoms with E-state index in [0.29, 0.717) is 12.3 Å². The van der Waals surface area contributed by atoms with Gasteiger partial charge in [-0.2, -0.15) is 0 Å². The summed E-state index contributed by atoms with van der Waals surface area (Å²) < 4.78 is 4.96. The molecule has 0 radical (unpaired) electrons. The van der Waals surface area contributed by atoms with E-state index >= 15 is 0 Å². The van der Waals surface area contributed by atoms with Crippen LogP contribution >= 0.6 is 0 Å². The molecule has 0 aliphatic heterocycles. The van der Waals surface area contributed by atoms with Crippen LogP contribution in [0.3, 0.4) is 0 Å². The van der Waals surface area contributed by atoms with Crippen molar-refractivity contribution >= 4 is 0 Å². The number of rotatable bonds is 4. The molecule has 0 bridgehead atoms. The summed E-state index contributed by atoms with van der Waals surface area (Å²) in [5, 5.41) is 9.98. The number of benzene rings is 1. The van der Waals surface area contributed by atoms with Crippen LogP contribution in [0, 0.1) is 0 Å². The topological polar surface area (TPSA) is 33.4 Å². The van der Waals surface area contributed by atoms with Gasteiger partial charge in [-0.25, -0.2) is 0 Å². The Balaban J connectivity index is 2.00. The van der Waals surface area contributed by atoms with Gasteiger partial charge in [0.25, 0.3) is 0 Å². The number of aliphatic hydroxyl groups excluding tert-OH is 1. The fourth-order valence-electron chi connectivity index (χ4n) is 1.85. The molecular formula is C14H16O2. The summed E-state index contributed by atoms with van der Waals surface area (Å²) in [4.78, 5) is 0. The molecule has 1 heterocycles. The van der Waals surface area contributed by atoms with Crippen molar-refractivity contribution in [3.8, 4) is 0 Å². The summed E-state index contributed by atoms with van der Waals surface area (Å²) in [6.45, 7) is 2.12. The second-order valence-corrected chi connectivity index (χ2v) is 4.12. The maximum Gasteiger partial charge on any atom is 0.0960 e. The molecule has 1 N–H and O–H groups in total. The minimum absolute atomic E-state index is 0.339. The molecule has 2 unspecified atom stereocenters. The Hall–Kier alpha value is -1.54. The van der Waals surface area contributed by atoms with Crippen LogP contribution in [0.2, 0.25) is 0 Å². The highest BCUT2D eigenvalue weighted by molar-refractivity contribution is 5.20. The third-order valence-electron chi connectivity index (χ3n) is 2.87. The second kappa shape index (κ2) is 4.99. The number of hydrogen-bond acceptors (Lipinski definition) is 2. The van der Waals surface area contributed by atoms with Crippen molar-refractivity contribution in [3.05, 3.63) is 60.1 Å². The van der Waals surface area contributed by atoms with E-state index in [1.165, 1.54) is 5.56 Å². The molecule has 2 heteroatoms. The lowest BCUT2D eigenvalue weighted by Gasteiger charge is -2.15. The highest BCUT2D eigenvalue weighted by atomic mass is 16.3. The first-order valence-corrected chi connectivity index (χ1v) is 5.52. The van der Waals surface area contributed by atoms with Gasteiger partial charge in [0.05, 0.1) is 18.6 Å². The van der Waals surface area contributed by atoms with Gasteiger partial charge >= 0.3 is 0 Å². The monoisotopic (exact) mass is 216 g/mol. The Kier molecular flexibility index (Phi) is 3.42. The Morgan fingerprint density at radius 2 is 1.88 bits per heavy atom. The van der Waals surface area contributed by atoms with Crippen molar-refractivity contribution in [2.24, 2.45) is 0 Å². The van der Waals surface area contributed by atoms with Crippen LogP contribution in [0.1, 0.15) is 36.5 Å². The molecule has 1 aromatic carbocycles. The fourth-order valence-corrected chi connectivity index (χ4v) is 1.85. The summed E-state index contributed by atoms with van der Waals surface area (Å²) in [7, 11) is 0. The highest BCUT2D eigenvalue weighted by Crippen LogP contribution is 2.27. The fraction of sp³-hybridized carbons (Fsp3) is 0.286. The van der Waals surface area contributed by atoms with E-state index < -0.39 is 6.10 Å². The van der Waals surface area contributed by atoms with Crippen molar-refractivity contribution in [2.75, 3.05) is 0 Å². The van der Waals surface area contributed by atoms with E-state index in [0.717, 1.165) is 5.56 Å². The van der Waals surface area contributed by atoms with Crippen LogP contribution in [0.15, 0.2) is 53.3 Å². The normalized spacial score (nSPS) is 14.6. The van der Waals surface area contributed by atoms with Crippen LogP contribution in [0.4, 0.5) is 0 Å². The summed E-state index contributed by atoms with van der Waals surface area (Å²) in [5.41, 5.74) is 2.10. The molecule has 0 saturated heterocycles. The molecule has 0 aliphatic rings. The smallest absolute Gasteiger partial charge is 0.0960 e. The van der Waals surface area contributed by atoms with E-state index in [-0.39, 0.29) is 0 Å². The molecule has 84 valence electrons. The molecule has 2 atom stereocenters. The maximum atomic E-state index is 9.98. The number of hydrogen-bond donors (Lipinski definition) is 1. The Labute approximate surface area is 95.5 Å². The van der Waals surface area contributed by atoms with E-state index in [2.05, 4.69) is 19.1 Å². The van der Waals surface area contributed by atoms with Gasteiger partial charge in [-0.15, -0.1) is 0 Å². The molecule has 16 heavy (non-hydrogen) atoms. The third kappa shape index (κ3) is 2.52. The van der Waals surface area contributed by atoms with Gasteiger partial charge in [-0.05, 0) is 24.0 Å². The van der Waals surface area contributed by atoms with E-state index in [1.807, 2.05) is 24.3 Å². The van der Waals surface area contributed by atoms with Gasteiger partial charge < -0.3 is 9.52 Å². The highest BCUT2D eigenvalue weighted by Gasteiger charge is 2.14. The van der Waals surface area contributed by atoms with E-state index in [1.54, 1.807) is 12.5 Å². The predicted octanol–water partition coefficient (Wildman–Crippen LogP) is 3.51. The quantitative estimate of drug-likeness (QED) is 0.848. The first-order valence-electron chi connectivity index (χ1n) is 5.52. The SMILES string of the molecule is CC(CC(O)c1ccoc1)c1ccccc1. The first-order chi connectivity index (χ1) is 7.77. The zero-order valence-electron chi connectivity index (χ0n) is 9.34. The molecule has 0 saturated carbocycles. The van der Waals surface area contributed by atoms with Crippen molar-refractivity contribution in [2.45, 2.75) is 25.4 Å². The summed E-state index contributed by atoms with van der Waals surface area (Å²) in [5.74, 6) is 0.339. The molecule has 2 rings (SSSR count). The Bertz CT molecular complexity index is 406. The van der Waals surface area contributed by atoms with E-state index in [4.69, 9.17) is 4.42 Å². The van der Waals surface area contributed by atoms with Crippen LogP contribution in [0.25, 0.3) is 0 Å². The molecule has 0 fully saturated rings. The van der Waals surface area contributed by atoms with Gasteiger partial charge in [0.2, 0.25) is 0 Å².